The van der Waals surface area contributed by atoms with Crippen molar-refractivity contribution in [1.82, 2.24) is 0 Å². The quantitative estimate of drug-likeness (QED) is 0.909. The van der Waals surface area contributed by atoms with Crippen LogP contribution in [0.3, 0.4) is 0 Å². The lowest BCUT2D eigenvalue weighted by Gasteiger charge is -2.32. The van der Waals surface area contributed by atoms with Crippen LogP contribution in [-0.4, -0.2) is 16.3 Å². The standard InChI is InChI=1S/C11H10Cl2O2S/c12-8-3-1-6(5-9(8)13)16-10-4-2-7(10)11(14)15/h1,3,5,7,10H,2,4H2,(H,14,15). The predicted octanol–water partition coefficient (Wildman–Crippen LogP) is 3.95. The van der Waals surface area contributed by atoms with Crippen LogP contribution in [0.15, 0.2) is 23.1 Å². The van der Waals surface area contributed by atoms with Crippen molar-refractivity contribution in [3.8, 4) is 0 Å². The van der Waals surface area contributed by atoms with Crippen molar-refractivity contribution in [2.45, 2.75) is 23.0 Å². The van der Waals surface area contributed by atoms with Gasteiger partial charge in [0, 0.05) is 10.1 Å². The van der Waals surface area contributed by atoms with Gasteiger partial charge in [-0.3, -0.25) is 4.79 Å². The highest BCUT2D eigenvalue weighted by Crippen LogP contribution is 2.42. The van der Waals surface area contributed by atoms with Gasteiger partial charge in [0.2, 0.25) is 0 Å². The molecule has 16 heavy (non-hydrogen) atoms. The van der Waals surface area contributed by atoms with Crippen molar-refractivity contribution >= 4 is 40.9 Å². The summed E-state index contributed by atoms with van der Waals surface area (Å²) in [6, 6.07) is 5.39. The topological polar surface area (TPSA) is 37.3 Å². The highest BCUT2D eigenvalue weighted by atomic mass is 35.5. The molecule has 0 spiro atoms. The SMILES string of the molecule is O=C(O)C1CCC1Sc1ccc(Cl)c(Cl)c1. The Morgan fingerprint density at radius 1 is 1.31 bits per heavy atom. The second-order valence-electron chi connectivity index (χ2n) is 3.75. The molecule has 86 valence electrons. The molecule has 0 bridgehead atoms. The van der Waals surface area contributed by atoms with Crippen LogP contribution in [0, 0.1) is 5.92 Å². The summed E-state index contributed by atoms with van der Waals surface area (Å²) in [6.45, 7) is 0. The molecule has 5 heteroatoms. The molecule has 0 heterocycles. The summed E-state index contributed by atoms with van der Waals surface area (Å²) < 4.78 is 0. The molecule has 2 nitrogen and oxygen atoms in total. The van der Waals surface area contributed by atoms with Crippen LogP contribution in [0.1, 0.15) is 12.8 Å². The molecule has 1 aliphatic rings. The van der Waals surface area contributed by atoms with Crippen LogP contribution in [-0.2, 0) is 4.79 Å². The monoisotopic (exact) mass is 276 g/mol. The Labute approximate surface area is 108 Å². The lowest BCUT2D eigenvalue weighted by atomic mass is 9.85. The Hall–Kier alpha value is -0.380. The van der Waals surface area contributed by atoms with E-state index >= 15 is 0 Å². The van der Waals surface area contributed by atoms with E-state index in [4.69, 9.17) is 28.3 Å². The third-order valence-electron chi connectivity index (χ3n) is 2.71. The molecule has 1 aromatic carbocycles. The minimum Gasteiger partial charge on any atom is -0.481 e. The summed E-state index contributed by atoms with van der Waals surface area (Å²) in [4.78, 5) is 11.8. The van der Waals surface area contributed by atoms with Gasteiger partial charge in [-0.1, -0.05) is 23.2 Å². The molecule has 2 unspecified atom stereocenters. The molecule has 1 fully saturated rings. The predicted molar refractivity (Wildman–Crippen MR) is 66.5 cm³/mol. The summed E-state index contributed by atoms with van der Waals surface area (Å²) in [6.07, 6.45) is 1.72. The van der Waals surface area contributed by atoms with E-state index in [9.17, 15) is 4.79 Å². The Morgan fingerprint density at radius 3 is 2.56 bits per heavy atom. The van der Waals surface area contributed by atoms with Crippen LogP contribution in [0.25, 0.3) is 0 Å². The molecule has 1 N–H and O–H groups in total. The first-order chi connectivity index (χ1) is 7.58. The zero-order valence-corrected chi connectivity index (χ0v) is 10.6. The van der Waals surface area contributed by atoms with Gasteiger partial charge in [0.25, 0.3) is 0 Å². The Balaban J connectivity index is 2.04. The maximum Gasteiger partial charge on any atom is 0.307 e. The minimum atomic E-state index is -0.705. The molecular weight excluding hydrogens is 267 g/mol. The molecular formula is C11H10Cl2O2S. The van der Waals surface area contributed by atoms with Gasteiger partial charge in [-0.15, -0.1) is 11.8 Å². The maximum atomic E-state index is 10.8. The summed E-state index contributed by atoms with van der Waals surface area (Å²) in [5.74, 6) is -0.928. The van der Waals surface area contributed by atoms with Crippen LogP contribution < -0.4 is 0 Å². The number of carboxylic acid groups (broad SMARTS) is 1. The van der Waals surface area contributed by atoms with Crippen molar-refractivity contribution < 1.29 is 9.90 Å². The maximum absolute atomic E-state index is 10.8. The number of thioether (sulfide) groups is 1. The fourth-order valence-electron chi connectivity index (χ4n) is 1.62. The minimum absolute atomic E-state index is 0.162. The summed E-state index contributed by atoms with van der Waals surface area (Å²) in [7, 11) is 0. The second kappa shape index (κ2) is 4.86. The van der Waals surface area contributed by atoms with E-state index < -0.39 is 5.97 Å². The van der Waals surface area contributed by atoms with Gasteiger partial charge in [-0.2, -0.15) is 0 Å². The van der Waals surface area contributed by atoms with Gasteiger partial charge in [0.05, 0.1) is 16.0 Å². The molecule has 1 aliphatic carbocycles. The lowest BCUT2D eigenvalue weighted by Crippen LogP contribution is -2.35. The first kappa shape index (κ1) is 12.1. The van der Waals surface area contributed by atoms with Crippen LogP contribution >= 0.6 is 35.0 Å². The largest absolute Gasteiger partial charge is 0.481 e. The highest BCUT2D eigenvalue weighted by Gasteiger charge is 2.37. The van der Waals surface area contributed by atoms with E-state index in [2.05, 4.69) is 0 Å². The van der Waals surface area contributed by atoms with E-state index in [0.717, 1.165) is 17.7 Å². The molecule has 2 rings (SSSR count). The number of carboxylic acids is 1. The highest BCUT2D eigenvalue weighted by molar-refractivity contribution is 8.00. The molecule has 0 amide bonds. The van der Waals surface area contributed by atoms with Crippen molar-refractivity contribution in [3.63, 3.8) is 0 Å². The summed E-state index contributed by atoms with van der Waals surface area (Å²) >= 11 is 13.3. The number of carbonyl (C=O) groups is 1. The molecule has 0 aliphatic heterocycles. The average molecular weight is 277 g/mol. The first-order valence-electron chi connectivity index (χ1n) is 4.92. The normalized spacial score (nSPS) is 23.9. The second-order valence-corrected chi connectivity index (χ2v) is 5.88. The fourth-order valence-corrected chi connectivity index (χ4v) is 3.33. The van der Waals surface area contributed by atoms with Gasteiger partial charge < -0.3 is 5.11 Å². The Morgan fingerprint density at radius 2 is 2.06 bits per heavy atom. The molecule has 0 radical (unpaired) electrons. The smallest absolute Gasteiger partial charge is 0.307 e. The van der Waals surface area contributed by atoms with Gasteiger partial charge in [-0.05, 0) is 31.0 Å². The van der Waals surface area contributed by atoms with Crippen molar-refractivity contribution in [2.75, 3.05) is 0 Å². The van der Waals surface area contributed by atoms with Crippen molar-refractivity contribution in [1.29, 1.82) is 0 Å². The van der Waals surface area contributed by atoms with E-state index in [1.165, 1.54) is 0 Å². The molecule has 2 atom stereocenters. The van der Waals surface area contributed by atoms with Crippen LogP contribution in [0.2, 0.25) is 10.0 Å². The Bertz CT molecular complexity index is 422. The molecule has 1 saturated carbocycles. The van der Waals surface area contributed by atoms with E-state index in [0.29, 0.717) is 10.0 Å². The summed E-state index contributed by atoms with van der Waals surface area (Å²) in [5.41, 5.74) is 0. The lowest BCUT2D eigenvalue weighted by molar-refractivity contribution is -0.144. The van der Waals surface area contributed by atoms with E-state index in [1.807, 2.05) is 6.07 Å². The molecule has 1 aromatic rings. The van der Waals surface area contributed by atoms with E-state index in [-0.39, 0.29) is 11.2 Å². The Kier molecular flexibility index (Phi) is 3.67. The number of benzene rings is 1. The van der Waals surface area contributed by atoms with Gasteiger partial charge >= 0.3 is 5.97 Å². The number of hydrogen-bond acceptors (Lipinski definition) is 2. The number of aliphatic carboxylic acids is 1. The molecule has 0 aromatic heterocycles. The van der Waals surface area contributed by atoms with Crippen LogP contribution in [0.5, 0.6) is 0 Å². The van der Waals surface area contributed by atoms with Gasteiger partial charge in [0.15, 0.2) is 0 Å². The number of hydrogen-bond donors (Lipinski definition) is 1. The zero-order valence-electron chi connectivity index (χ0n) is 8.32. The number of rotatable bonds is 3. The van der Waals surface area contributed by atoms with Crippen molar-refractivity contribution in [2.24, 2.45) is 5.92 Å². The van der Waals surface area contributed by atoms with Crippen molar-refractivity contribution in [3.05, 3.63) is 28.2 Å². The van der Waals surface area contributed by atoms with Gasteiger partial charge in [0.1, 0.15) is 0 Å². The van der Waals surface area contributed by atoms with E-state index in [1.54, 1.807) is 23.9 Å². The van der Waals surface area contributed by atoms with Crippen LogP contribution in [0.4, 0.5) is 0 Å². The zero-order chi connectivity index (χ0) is 11.7. The average Bonchev–Trinajstić information content (AvgIpc) is 2.17. The summed E-state index contributed by atoms with van der Waals surface area (Å²) in [5, 5.41) is 10.1. The number of halogens is 2. The molecule has 0 saturated heterocycles. The third kappa shape index (κ3) is 2.47. The first-order valence-corrected chi connectivity index (χ1v) is 6.56. The fraction of sp³-hybridized carbons (Fsp3) is 0.364. The van der Waals surface area contributed by atoms with Gasteiger partial charge in [-0.25, -0.2) is 0 Å². The third-order valence-corrected chi connectivity index (χ3v) is 4.84.